The monoisotopic (exact) mass is 162 g/mol. The Morgan fingerprint density at radius 3 is 2.45 bits per heavy atom. The van der Waals surface area contributed by atoms with Crippen LogP contribution in [0.25, 0.3) is 0 Å². The Kier molecular flexibility index (Phi) is 5.56. The lowest BCUT2D eigenvalue weighted by Crippen LogP contribution is -2.19. The molecule has 1 unspecified atom stereocenters. The zero-order chi connectivity index (χ0) is 8.69. The van der Waals surface area contributed by atoms with Crippen LogP contribution in [-0.2, 0) is 14.2 Å². The zero-order valence-corrected chi connectivity index (χ0v) is 7.12. The molecule has 0 aliphatic heterocycles. The van der Waals surface area contributed by atoms with Gasteiger partial charge in [0.2, 0.25) is 6.29 Å². The summed E-state index contributed by atoms with van der Waals surface area (Å²) in [6, 6.07) is 0. The van der Waals surface area contributed by atoms with Crippen LogP contribution in [0.3, 0.4) is 0 Å². The van der Waals surface area contributed by atoms with Crippen molar-refractivity contribution in [2.24, 2.45) is 0 Å². The number of carbonyl (C=O) groups is 1. The standard InChI is InChI=1S/C7H14O4/c1-4-6(9-3)11-7(8)10-5-2/h6H,4-5H2,1-3H3. The van der Waals surface area contributed by atoms with E-state index < -0.39 is 12.4 Å². The summed E-state index contributed by atoms with van der Waals surface area (Å²) in [6.07, 6.45) is -0.551. The molecule has 0 aromatic heterocycles. The first-order valence-corrected chi connectivity index (χ1v) is 3.60. The van der Waals surface area contributed by atoms with E-state index >= 15 is 0 Å². The third kappa shape index (κ3) is 4.61. The molecule has 0 rings (SSSR count). The summed E-state index contributed by atoms with van der Waals surface area (Å²) in [7, 11) is 1.48. The fourth-order valence-electron chi connectivity index (χ4n) is 0.557. The number of hydrogen-bond acceptors (Lipinski definition) is 4. The lowest BCUT2D eigenvalue weighted by Gasteiger charge is -2.12. The summed E-state index contributed by atoms with van der Waals surface area (Å²) in [4.78, 5) is 10.6. The van der Waals surface area contributed by atoms with Gasteiger partial charge in [-0.15, -0.1) is 0 Å². The second-order valence-corrected chi connectivity index (χ2v) is 1.87. The lowest BCUT2D eigenvalue weighted by molar-refractivity contribution is -0.104. The summed E-state index contributed by atoms with van der Waals surface area (Å²) in [5.74, 6) is 0. The maximum atomic E-state index is 10.6. The van der Waals surface area contributed by atoms with Gasteiger partial charge in [-0.1, -0.05) is 6.92 Å². The van der Waals surface area contributed by atoms with Gasteiger partial charge in [0, 0.05) is 13.5 Å². The summed E-state index contributed by atoms with van der Waals surface area (Å²) >= 11 is 0. The Morgan fingerprint density at radius 2 is 2.09 bits per heavy atom. The molecule has 0 fully saturated rings. The van der Waals surface area contributed by atoms with Crippen LogP contribution in [0.1, 0.15) is 20.3 Å². The van der Waals surface area contributed by atoms with E-state index in [0.29, 0.717) is 13.0 Å². The van der Waals surface area contributed by atoms with Gasteiger partial charge in [-0.2, -0.15) is 0 Å². The van der Waals surface area contributed by atoms with Crippen molar-refractivity contribution in [2.75, 3.05) is 13.7 Å². The summed E-state index contributed by atoms with van der Waals surface area (Å²) in [6.45, 7) is 3.89. The molecule has 4 heteroatoms. The predicted octanol–water partition coefficient (Wildman–Crippen LogP) is 1.54. The maximum Gasteiger partial charge on any atom is 0.510 e. The van der Waals surface area contributed by atoms with Gasteiger partial charge in [0.25, 0.3) is 0 Å². The van der Waals surface area contributed by atoms with Gasteiger partial charge in [0.15, 0.2) is 0 Å². The molecule has 0 aliphatic rings. The minimum Gasteiger partial charge on any atom is -0.435 e. The van der Waals surface area contributed by atoms with E-state index in [4.69, 9.17) is 9.47 Å². The predicted molar refractivity (Wildman–Crippen MR) is 39.2 cm³/mol. The van der Waals surface area contributed by atoms with Crippen molar-refractivity contribution >= 4 is 6.16 Å². The smallest absolute Gasteiger partial charge is 0.435 e. The Labute approximate surface area is 66.4 Å². The molecule has 0 saturated heterocycles. The van der Waals surface area contributed by atoms with E-state index in [0.717, 1.165) is 0 Å². The molecule has 0 aromatic rings. The first kappa shape index (κ1) is 10.2. The minimum atomic E-state index is -0.679. The molecule has 0 spiro atoms. The average Bonchev–Trinajstić information content (AvgIpc) is 2.01. The Hall–Kier alpha value is -0.770. The molecule has 11 heavy (non-hydrogen) atoms. The maximum absolute atomic E-state index is 10.6. The molecule has 0 N–H and O–H groups in total. The van der Waals surface area contributed by atoms with Crippen LogP contribution < -0.4 is 0 Å². The van der Waals surface area contributed by atoms with Crippen LogP contribution in [0, 0.1) is 0 Å². The van der Waals surface area contributed by atoms with Crippen LogP contribution in [-0.4, -0.2) is 26.2 Å². The molecule has 4 nitrogen and oxygen atoms in total. The van der Waals surface area contributed by atoms with Crippen LogP contribution in [0.5, 0.6) is 0 Å². The van der Waals surface area contributed by atoms with Crippen LogP contribution in [0.4, 0.5) is 4.79 Å². The van der Waals surface area contributed by atoms with Gasteiger partial charge in [0.1, 0.15) is 0 Å². The second-order valence-electron chi connectivity index (χ2n) is 1.87. The quantitative estimate of drug-likeness (QED) is 0.464. The number of ether oxygens (including phenoxy) is 3. The number of carbonyl (C=O) groups excluding carboxylic acids is 1. The van der Waals surface area contributed by atoms with Gasteiger partial charge in [-0.3, -0.25) is 0 Å². The molecular weight excluding hydrogens is 148 g/mol. The van der Waals surface area contributed by atoms with Gasteiger partial charge in [-0.05, 0) is 6.92 Å². The van der Waals surface area contributed by atoms with E-state index in [-0.39, 0.29) is 0 Å². The van der Waals surface area contributed by atoms with E-state index in [9.17, 15) is 4.79 Å². The fourth-order valence-corrected chi connectivity index (χ4v) is 0.557. The van der Waals surface area contributed by atoms with Gasteiger partial charge >= 0.3 is 6.16 Å². The van der Waals surface area contributed by atoms with Gasteiger partial charge in [-0.25, -0.2) is 4.79 Å². The van der Waals surface area contributed by atoms with E-state index in [1.807, 2.05) is 6.92 Å². The van der Waals surface area contributed by atoms with Gasteiger partial charge in [0.05, 0.1) is 6.61 Å². The van der Waals surface area contributed by atoms with Crippen molar-refractivity contribution in [3.8, 4) is 0 Å². The third-order valence-corrected chi connectivity index (χ3v) is 1.09. The normalized spacial score (nSPS) is 12.3. The largest absolute Gasteiger partial charge is 0.510 e. The fraction of sp³-hybridized carbons (Fsp3) is 0.857. The Balaban J connectivity index is 3.54. The molecule has 0 aromatic carbocycles. The molecular formula is C7H14O4. The third-order valence-electron chi connectivity index (χ3n) is 1.09. The number of rotatable bonds is 4. The van der Waals surface area contributed by atoms with Crippen molar-refractivity contribution in [2.45, 2.75) is 26.6 Å². The molecule has 66 valence electrons. The highest BCUT2D eigenvalue weighted by Crippen LogP contribution is 1.99. The highest BCUT2D eigenvalue weighted by molar-refractivity contribution is 5.59. The minimum absolute atomic E-state index is 0.318. The molecule has 0 aliphatic carbocycles. The SMILES string of the molecule is CCOC(=O)OC(CC)OC. The number of hydrogen-bond donors (Lipinski definition) is 0. The summed E-state index contributed by atoms with van der Waals surface area (Å²) in [5.41, 5.74) is 0. The second kappa shape index (κ2) is 5.97. The van der Waals surface area contributed by atoms with Crippen molar-refractivity contribution < 1.29 is 19.0 Å². The molecule has 0 heterocycles. The first-order valence-electron chi connectivity index (χ1n) is 3.60. The van der Waals surface area contributed by atoms with Crippen LogP contribution in [0.15, 0.2) is 0 Å². The zero-order valence-electron chi connectivity index (χ0n) is 7.12. The van der Waals surface area contributed by atoms with Gasteiger partial charge < -0.3 is 14.2 Å². The van der Waals surface area contributed by atoms with E-state index in [1.165, 1.54) is 7.11 Å². The van der Waals surface area contributed by atoms with Crippen LogP contribution in [0.2, 0.25) is 0 Å². The van der Waals surface area contributed by atoms with Crippen LogP contribution >= 0.6 is 0 Å². The summed E-state index contributed by atoms with van der Waals surface area (Å²) < 4.78 is 14.0. The Bertz CT molecular complexity index is 109. The average molecular weight is 162 g/mol. The number of methoxy groups -OCH3 is 1. The molecule has 0 saturated carbocycles. The molecule has 1 atom stereocenters. The van der Waals surface area contributed by atoms with Crippen molar-refractivity contribution in [1.29, 1.82) is 0 Å². The topological polar surface area (TPSA) is 44.8 Å². The molecule has 0 amide bonds. The first-order chi connectivity index (χ1) is 5.24. The lowest BCUT2D eigenvalue weighted by atomic mass is 10.5. The summed E-state index contributed by atoms with van der Waals surface area (Å²) in [5, 5.41) is 0. The highest BCUT2D eigenvalue weighted by atomic mass is 16.8. The highest BCUT2D eigenvalue weighted by Gasteiger charge is 2.10. The molecule has 0 bridgehead atoms. The Morgan fingerprint density at radius 1 is 1.45 bits per heavy atom. The van der Waals surface area contributed by atoms with Crippen molar-refractivity contribution in [1.82, 2.24) is 0 Å². The van der Waals surface area contributed by atoms with E-state index in [2.05, 4.69) is 4.74 Å². The van der Waals surface area contributed by atoms with Crippen molar-refractivity contribution in [3.05, 3.63) is 0 Å². The molecule has 0 radical (unpaired) electrons. The van der Waals surface area contributed by atoms with Crippen molar-refractivity contribution in [3.63, 3.8) is 0 Å². The van der Waals surface area contributed by atoms with E-state index in [1.54, 1.807) is 6.92 Å².